The van der Waals surface area contributed by atoms with E-state index in [-0.39, 0.29) is 5.70 Å². The fourth-order valence-electron chi connectivity index (χ4n) is 1.14. The van der Waals surface area contributed by atoms with Crippen LogP contribution in [0.1, 0.15) is 18.1 Å². The van der Waals surface area contributed by atoms with Gasteiger partial charge in [-0.25, -0.2) is 0 Å². The summed E-state index contributed by atoms with van der Waals surface area (Å²) in [5, 5.41) is 10.4. The molecule has 0 bridgehead atoms. The second-order valence-electron chi connectivity index (χ2n) is 3.16. The highest BCUT2D eigenvalue weighted by Gasteiger charge is 2.03. The quantitative estimate of drug-likeness (QED) is 0.443. The molecule has 1 aromatic rings. The maximum Gasteiger partial charge on any atom is 0.243 e. The molecule has 0 heterocycles. The van der Waals surface area contributed by atoms with Gasteiger partial charge >= 0.3 is 0 Å². The molecule has 4 heteroatoms. The number of hydrogen-bond donors (Lipinski definition) is 1. The number of anilines is 1. The molecule has 74 valence electrons. The maximum atomic E-state index is 10.4. The van der Waals surface area contributed by atoms with E-state index in [1.807, 2.05) is 6.92 Å². The minimum Gasteiger partial charge on any atom is -0.399 e. The van der Waals surface area contributed by atoms with Gasteiger partial charge in [0.25, 0.3) is 0 Å². The molecular formula is C10H12N2O2. The van der Waals surface area contributed by atoms with E-state index in [2.05, 4.69) is 0 Å². The molecule has 0 fully saturated rings. The summed E-state index contributed by atoms with van der Waals surface area (Å²) in [6, 6.07) is 5.29. The Kier molecular flexibility index (Phi) is 2.86. The van der Waals surface area contributed by atoms with E-state index < -0.39 is 4.92 Å². The minimum absolute atomic E-state index is 0.123. The van der Waals surface area contributed by atoms with Crippen LogP contribution in [0, 0.1) is 17.0 Å². The molecule has 0 aromatic heterocycles. The van der Waals surface area contributed by atoms with E-state index in [4.69, 9.17) is 5.73 Å². The van der Waals surface area contributed by atoms with Gasteiger partial charge in [0.05, 0.1) is 4.92 Å². The molecule has 1 aromatic carbocycles. The van der Waals surface area contributed by atoms with Crippen LogP contribution in [0.15, 0.2) is 23.9 Å². The van der Waals surface area contributed by atoms with E-state index in [1.165, 1.54) is 13.0 Å². The normalized spacial score (nSPS) is 11.4. The van der Waals surface area contributed by atoms with Crippen LogP contribution in [-0.4, -0.2) is 4.92 Å². The van der Waals surface area contributed by atoms with Crippen LogP contribution in [0.3, 0.4) is 0 Å². The summed E-state index contributed by atoms with van der Waals surface area (Å²) in [7, 11) is 0. The first-order valence-electron chi connectivity index (χ1n) is 4.19. The Labute approximate surface area is 82.2 Å². The number of allylic oxidation sites excluding steroid dienone is 1. The predicted octanol–water partition coefficient (Wildman–Crippen LogP) is 2.21. The summed E-state index contributed by atoms with van der Waals surface area (Å²) in [6.45, 7) is 3.34. The SMILES string of the molecule is CC(=Cc1ccc(N)cc1C)[N+](=O)[O-]. The molecule has 4 nitrogen and oxygen atoms in total. The lowest BCUT2D eigenvalue weighted by atomic mass is 10.1. The second-order valence-corrected chi connectivity index (χ2v) is 3.16. The van der Waals surface area contributed by atoms with Crippen molar-refractivity contribution in [1.82, 2.24) is 0 Å². The van der Waals surface area contributed by atoms with Gasteiger partial charge in [-0.15, -0.1) is 0 Å². The van der Waals surface area contributed by atoms with E-state index in [9.17, 15) is 10.1 Å². The van der Waals surface area contributed by atoms with E-state index in [1.54, 1.807) is 18.2 Å². The van der Waals surface area contributed by atoms with E-state index in [0.717, 1.165) is 11.1 Å². The van der Waals surface area contributed by atoms with Gasteiger partial charge in [0.2, 0.25) is 5.70 Å². The van der Waals surface area contributed by atoms with Gasteiger partial charge in [-0.05, 0) is 30.2 Å². The summed E-state index contributed by atoms with van der Waals surface area (Å²) in [4.78, 5) is 9.99. The molecule has 0 aliphatic heterocycles. The third kappa shape index (κ3) is 2.32. The number of rotatable bonds is 2. The van der Waals surface area contributed by atoms with Gasteiger partial charge in [0.15, 0.2) is 0 Å². The Bertz CT molecular complexity index is 397. The van der Waals surface area contributed by atoms with Crippen LogP contribution in [0.5, 0.6) is 0 Å². The average Bonchev–Trinajstić information content (AvgIpc) is 2.09. The van der Waals surface area contributed by atoms with Crippen LogP contribution in [0.25, 0.3) is 6.08 Å². The predicted molar refractivity (Wildman–Crippen MR) is 56.2 cm³/mol. The molecule has 0 atom stereocenters. The monoisotopic (exact) mass is 192 g/mol. The lowest BCUT2D eigenvalue weighted by molar-refractivity contribution is -0.422. The highest BCUT2D eigenvalue weighted by atomic mass is 16.6. The molecule has 0 unspecified atom stereocenters. The fourth-order valence-corrected chi connectivity index (χ4v) is 1.14. The lowest BCUT2D eigenvalue weighted by Gasteiger charge is -2.01. The van der Waals surface area contributed by atoms with Crippen molar-refractivity contribution in [3.8, 4) is 0 Å². The zero-order valence-electron chi connectivity index (χ0n) is 8.15. The van der Waals surface area contributed by atoms with E-state index >= 15 is 0 Å². The Balaban J connectivity index is 3.09. The number of nitrogens with zero attached hydrogens (tertiary/aromatic N) is 1. The Hall–Kier alpha value is -1.84. The zero-order valence-corrected chi connectivity index (χ0v) is 8.15. The number of aryl methyl sites for hydroxylation is 1. The van der Waals surface area contributed by atoms with Crippen molar-refractivity contribution in [3.63, 3.8) is 0 Å². The fraction of sp³-hybridized carbons (Fsp3) is 0.200. The van der Waals surface area contributed by atoms with Crippen molar-refractivity contribution in [2.45, 2.75) is 13.8 Å². The van der Waals surface area contributed by atoms with Gasteiger partial charge < -0.3 is 5.73 Å². The molecule has 0 spiro atoms. The number of nitrogen functional groups attached to an aromatic ring is 1. The smallest absolute Gasteiger partial charge is 0.243 e. The molecule has 14 heavy (non-hydrogen) atoms. The molecular weight excluding hydrogens is 180 g/mol. The van der Waals surface area contributed by atoms with Crippen molar-refractivity contribution in [2.24, 2.45) is 0 Å². The summed E-state index contributed by atoms with van der Waals surface area (Å²) in [6.07, 6.45) is 1.54. The van der Waals surface area contributed by atoms with Crippen molar-refractivity contribution in [2.75, 3.05) is 5.73 Å². The first-order chi connectivity index (χ1) is 6.50. The number of hydrogen-bond acceptors (Lipinski definition) is 3. The molecule has 1 rings (SSSR count). The first kappa shape index (κ1) is 10.2. The van der Waals surface area contributed by atoms with Gasteiger partial charge in [-0.3, -0.25) is 10.1 Å². The second kappa shape index (κ2) is 3.91. The molecule has 0 radical (unpaired) electrons. The summed E-state index contributed by atoms with van der Waals surface area (Å²) in [5.41, 5.74) is 8.12. The van der Waals surface area contributed by atoms with Gasteiger partial charge in [0, 0.05) is 18.7 Å². The highest BCUT2D eigenvalue weighted by Crippen LogP contribution is 2.15. The van der Waals surface area contributed by atoms with Crippen LogP contribution in [0.4, 0.5) is 5.69 Å². The lowest BCUT2D eigenvalue weighted by Crippen LogP contribution is -1.94. The molecule has 0 saturated heterocycles. The first-order valence-corrected chi connectivity index (χ1v) is 4.19. The molecule has 2 N–H and O–H groups in total. The Morgan fingerprint density at radius 2 is 2.21 bits per heavy atom. The maximum absolute atomic E-state index is 10.4. The third-order valence-corrected chi connectivity index (χ3v) is 1.95. The Morgan fingerprint density at radius 3 is 2.71 bits per heavy atom. The molecule has 0 aliphatic rings. The summed E-state index contributed by atoms with van der Waals surface area (Å²) >= 11 is 0. The van der Waals surface area contributed by atoms with Crippen molar-refractivity contribution < 1.29 is 4.92 Å². The van der Waals surface area contributed by atoms with Gasteiger partial charge in [0.1, 0.15) is 0 Å². The topological polar surface area (TPSA) is 69.2 Å². The van der Waals surface area contributed by atoms with E-state index in [0.29, 0.717) is 5.69 Å². The zero-order chi connectivity index (χ0) is 10.7. The highest BCUT2D eigenvalue weighted by molar-refractivity contribution is 5.58. The number of nitrogens with two attached hydrogens (primary N) is 1. The van der Waals surface area contributed by atoms with Crippen molar-refractivity contribution in [3.05, 3.63) is 45.1 Å². The molecule has 0 aliphatic carbocycles. The number of nitro groups is 1. The van der Waals surface area contributed by atoms with Crippen molar-refractivity contribution >= 4 is 11.8 Å². The van der Waals surface area contributed by atoms with Crippen LogP contribution >= 0.6 is 0 Å². The third-order valence-electron chi connectivity index (χ3n) is 1.95. The van der Waals surface area contributed by atoms with Crippen LogP contribution < -0.4 is 5.73 Å². The standard InChI is InChI=1S/C10H12N2O2/c1-7-5-10(11)4-3-9(7)6-8(2)12(13)14/h3-6H,11H2,1-2H3. The van der Waals surface area contributed by atoms with Gasteiger partial charge in [-0.2, -0.15) is 0 Å². The van der Waals surface area contributed by atoms with Crippen LogP contribution in [-0.2, 0) is 0 Å². The largest absolute Gasteiger partial charge is 0.399 e. The number of benzene rings is 1. The Morgan fingerprint density at radius 1 is 1.57 bits per heavy atom. The van der Waals surface area contributed by atoms with Gasteiger partial charge in [-0.1, -0.05) is 6.07 Å². The summed E-state index contributed by atoms with van der Waals surface area (Å²) < 4.78 is 0. The average molecular weight is 192 g/mol. The molecule has 0 saturated carbocycles. The summed E-state index contributed by atoms with van der Waals surface area (Å²) in [5.74, 6) is 0. The molecule has 0 amide bonds. The minimum atomic E-state index is -0.407. The van der Waals surface area contributed by atoms with Crippen molar-refractivity contribution in [1.29, 1.82) is 0 Å². The van der Waals surface area contributed by atoms with Crippen LogP contribution in [0.2, 0.25) is 0 Å².